The highest BCUT2D eigenvalue weighted by Gasteiger charge is 2.83. The van der Waals surface area contributed by atoms with Gasteiger partial charge in [0.25, 0.3) is 0 Å². The van der Waals surface area contributed by atoms with E-state index in [1.54, 1.807) is 0 Å². The van der Waals surface area contributed by atoms with Gasteiger partial charge in [0.05, 0.1) is 0 Å². The summed E-state index contributed by atoms with van der Waals surface area (Å²) >= 11 is 0. The minimum Gasteiger partial charge on any atom is -0.228 e. The topological polar surface area (TPSA) is 29.4 Å². The molecule has 0 saturated heterocycles. The SMILES string of the molecule is O=S(N=Cc1cccc(F)c1)C(F)(F)C(F)(F)C(F)(F)C(F)(F)F. The molecule has 0 radical (unpaired) electrons. The fourth-order valence-electron chi connectivity index (χ4n) is 1.23. The molecule has 1 unspecified atom stereocenters. The maximum Gasteiger partial charge on any atom is 0.460 e. The van der Waals surface area contributed by atoms with Crippen molar-refractivity contribution < 1.29 is 48.1 Å². The quantitative estimate of drug-likeness (QED) is 0.545. The molecule has 0 fully saturated rings. The minimum absolute atomic E-state index is 0.162. The summed E-state index contributed by atoms with van der Waals surface area (Å²) < 4.78 is 139. The summed E-state index contributed by atoms with van der Waals surface area (Å²) in [5, 5.41) is -6.35. The van der Waals surface area contributed by atoms with Crippen LogP contribution in [-0.4, -0.2) is 33.7 Å². The van der Waals surface area contributed by atoms with E-state index < -0.39 is 40.1 Å². The van der Waals surface area contributed by atoms with Crippen molar-refractivity contribution in [2.45, 2.75) is 23.3 Å². The molecule has 24 heavy (non-hydrogen) atoms. The molecule has 1 aromatic carbocycles. The first-order valence-corrected chi connectivity index (χ1v) is 6.67. The number of nitrogens with zero attached hydrogens (tertiary/aromatic N) is 1. The Morgan fingerprint density at radius 3 is 1.92 bits per heavy atom. The molecule has 1 aromatic rings. The highest BCUT2D eigenvalue weighted by atomic mass is 32.2. The van der Waals surface area contributed by atoms with Crippen LogP contribution in [0.3, 0.4) is 0 Å². The molecule has 136 valence electrons. The summed E-state index contributed by atoms with van der Waals surface area (Å²) in [6, 6.07) is 3.52. The Kier molecular flexibility index (Phi) is 5.38. The van der Waals surface area contributed by atoms with Gasteiger partial charge in [-0.15, -0.1) is 0 Å². The smallest absolute Gasteiger partial charge is 0.228 e. The lowest BCUT2D eigenvalue weighted by Gasteiger charge is -2.31. The average molecular weight is 389 g/mol. The molecule has 0 aliphatic heterocycles. The van der Waals surface area contributed by atoms with E-state index in [-0.39, 0.29) is 11.8 Å². The monoisotopic (exact) mass is 389 g/mol. The Labute approximate surface area is 129 Å². The van der Waals surface area contributed by atoms with E-state index in [1.807, 2.05) is 0 Å². The molecule has 0 heterocycles. The second-order valence-electron chi connectivity index (χ2n) is 4.20. The first-order chi connectivity index (χ1) is 10.6. The van der Waals surface area contributed by atoms with Crippen molar-refractivity contribution in [3.63, 3.8) is 0 Å². The summed E-state index contributed by atoms with van der Waals surface area (Å²) in [5.41, 5.74) is -0.370. The van der Waals surface area contributed by atoms with Crippen LogP contribution in [0, 0.1) is 5.82 Å². The van der Waals surface area contributed by atoms with Crippen molar-refractivity contribution in [3.05, 3.63) is 35.6 Å². The predicted molar refractivity (Wildman–Crippen MR) is 63.0 cm³/mol. The largest absolute Gasteiger partial charge is 0.460 e. The number of halogens is 10. The van der Waals surface area contributed by atoms with Crippen LogP contribution in [0.2, 0.25) is 0 Å². The maximum atomic E-state index is 13.2. The molecular formula is C11H5F10NOS. The van der Waals surface area contributed by atoms with E-state index in [1.165, 1.54) is 0 Å². The van der Waals surface area contributed by atoms with Crippen LogP contribution >= 0.6 is 0 Å². The second-order valence-corrected chi connectivity index (χ2v) is 5.42. The highest BCUT2D eigenvalue weighted by molar-refractivity contribution is 7.85. The van der Waals surface area contributed by atoms with Gasteiger partial charge in [-0.25, -0.2) is 8.60 Å². The van der Waals surface area contributed by atoms with Crippen molar-refractivity contribution in [1.29, 1.82) is 0 Å². The van der Waals surface area contributed by atoms with Gasteiger partial charge in [-0.3, -0.25) is 0 Å². The van der Waals surface area contributed by atoms with Crippen molar-refractivity contribution in [2.75, 3.05) is 0 Å². The molecule has 0 aromatic heterocycles. The summed E-state index contributed by atoms with van der Waals surface area (Å²) in [7, 11) is -4.50. The maximum absolute atomic E-state index is 13.2. The summed E-state index contributed by atoms with van der Waals surface area (Å²) in [5.74, 6) is -15.1. The first-order valence-electron chi connectivity index (χ1n) is 5.56. The lowest BCUT2D eigenvalue weighted by atomic mass is 10.1. The summed E-state index contributed by atoms with van der Waals surface area (Å²) in [6.07, 6.45) is -6.86. The van der Waals surface area contributed by atoms with Crippen molar-refractivity contribution in [3.8, 4) is 0 Å². The molecule has 1 rings (SSSR count). The standard InChI is InChI=1S/C11H5F10NOS/c12-7-3-1-2-6(4-7)5-22-24(23)11(20,21)9(15,16)8(13,14)10(17,18)19/h1-5H. The Balaban J connectivity index is 3.16. The van der Waals surface area contributed by atoms with E-state index in [4.69, 9.17) is 0 Å². The van der Waals surface area contributed by atoms with Gasteiger partial charge in [0.2, 0.25) is 11.0 Å². The third kappa shape index (κ3) is 3.54. The van der Waals surface area contributed by atoms with Crippen molar-refractivity contribution >= 4 is 17.2 Å². The van der Waals surface area contributed by atoms with Gasteiger partial charge in [-0.1, -0.05) is 12.1 Å². The van der Waals surface area contributed by atoms with Gasteiger partial charge in [0.1, 0.15) is 5.82 Å². The van der Waals surface area contributed by atoms with E-state index in [9.17, 15) is 48.1 Å². The zero-order chi connectivity index (χ0) is 19.0. The molecule has 1 atom stereocenters. The number of alkyl halides is 9. The van der Waals surface area contributed by atoms with Crippen LogP contribution in [-0.2, 0) is 11.0 Å². The second kappa shape index (κ2) is 6.33. The zero-order valence-corrected chi connectivity index (χ0v) is 11.7. The highest BCUT2D eigenvalue weighted by Crippen LogP contribution is 2.54. The molecule has 0 N–H and O–H groups in total. The lowest BCUT2D eigenvalue weighted by Crippen LogP contribution is -2.61. The van der Waals surface area contributed by atoms with Gasteiger partial charge in [0, 0.05) is 6.21 Å². The molecule has 0 bridgehead atoms. The van der Waals surface area contributed by atoms with Gasteiger partial charge >= 0.3 is 23.3 Å². The third-order valence-electron chi connectivity index (χ3n) is 2.48. The normalized spacial score (nSPS) is 15.8. The van der Waals surface area contributed by atoms with E-state index in [2.05, 4.69) is 4.40 Å². The average Bonchev–Trinajstić information content (AvgIpc) is 2.43. The van der Waals surface area contributed by atoms with E-state index in [0.29, 0.717) is 6.07 Å². The van der Waals surface area contributed by atoms with Crippen LogP contribution in [0.15, 0.2) is 28.7 Å². The first kappa shape index (κ1) is 20.4. The number of rotatable bonds is 5. The molecule has 13 heteroatoms. The third-order valence-corrected chi connectivity index (χ3v) is 3.47. The Morgan fingerprint density at radius 2 is 1.46 bits per heavy atom. The molecule has 2 nitrogen and oxygen atoms in total. The molecule has 0 spiro atoms. The van der Waals surface area contributed by atoms with Crippen molar-refractivity contribution in [2.24, 2.45) is 4.40 Å². The van der Waals surface area contributed by atoms with Crippen molar-refractivity contribution in [1.82, 2.24) is 0 Å². The molecule has 0 amide bonds. The van der Waals surface area contributed by atoms with Crippen LogP contribution in [0.5, 0.6) is 0 Å². The van der Waals surface area contributed by atoms with Gasteiger partial charge in [-0.2, -0.15) is 43.9 Å². The molecular weight excluding hydrogens is 384 g/mol. The van der Waals surface area contributed by atoms with Crippen LogP contribution in [0.4, 0.5) is 43.9 Å². The molecule has 0 aliphatic rings. The number of benzene rings is 1. The predicted octanol–water partition coefficient (Wildman–Crippen LogP) is 4.33. The number of hydrogen-bond donors (Lipinski definition) is 0. The van der Waals surface area contributed by atoms with E-state index in [0.717, 1.165) is 18.2 Å². The zero-order valence-electron chi connectivity index (χ0n) is 10.9. The summed E-state index contributed by atoms with van der Waals surface area (Å²) in [4.78, 5) is 0. The Hall–Kier alpha value is -1.66. The Morgan fingerprint density at radius 1 is 0.917 bits per heavy atom. The lowest BCUT2D eigenvalue weighted by molar-refractivity contribution is -0.381. The van der Waals surface area contributed by atoms with Gasteiger partial charge in [-0.05, 0) is 17.7 Å². The fourth-order valence-corrected chi connectivity index (χ4v) is 1.93. The minimum atomic E-state index is -7.16. The van der Waals surface area contributed by atoms with Crippen LogP contribution < -0.4 is 0 Å². The number of hydrogen-bond acceptors (Lipinski definition) is 1. The fraction of sp³-hybridized carbons (Fsp3) is 0.364. The molecule has 0 saturated carbocycles. The van der Waals surface area contributed by atoms with Crippen LogP contribution in [0.25, 0.3) is 0 Å². The summed E-state index contributed by atoms with van der Waals surface area (Å²) in [6.45, 7) is 0. The Bertz CT molecular complexity index is 654. The molecule has 0 aliphatic carbocycles. The van der Waals surface area contributed by atoms with E-state index >= 15 is 0 Å². The van der Waals surface area contributed by atoms with Crippen LogP contribution in [0.1, 0.15) is 5.56 Å². The van der Waals surface area contributed by atoms with Gasteiger partial charge in [0.15, 0.2) is 0 Å². The van der Waals surface area contributed by atoms with Gasteiger partial charge < -0.3 is 0 Å².